The number of hydrogen-bond acceptors (Lipinski definition) is 6. The summed E-state index contributed by atoms with van der Waals surface area (Å²) in [6.45, 7) is 0.441. The van der Waals surface area contributed by atoms with Gasteiger partial charge in [-0.2, -0.15) is 0 Å². The summed E-state index contributed by atoms with van der Waals surface area (Å²) < 4.78 is 10.6. The number of hydrogen-bond donors (Lipinski definition) is 4. The van der Waals surface area contributed by atoms with Crippen LogP contribution in [0.25, 0.3) is 11.6 Å². The first-order chi connectivity index (χ1) is 15.0. The highest BCUT2D eigenvalue weighted by Crippen LogP contribution is 2.27. The van der Waals surface area contributed by atoms with E-state index in [0.29, 0.717) is 42.0 Å². The van der Waals surface area contributed by atoms with Gasteiger partial charge in [-0.05, 0) is 54.3 Å². The third-order valence-electron chi connectivity index (χ3n) is 4.60. The Kier molecular flexibility index (Phi) is 9.38. The second-order valence-corrected chi connectivity index (χ2v) is 6.85. The molecule has 8 heteroatoms. The Morgan fingerprint density at radius 3 is 2.19 bits per heavy atom. The van der Waals surface area contributed by atoms with Crippen LogP contribution >= 0.6 is 0 Å². The van der Waals surface area contributed by atoms with Crippen LogP contribution in [0.5, 0.6) is 17.2 Å². The predicted molar refractivity (Wildman–Crippen MR) is 117 cm³/mol. The lowest BCUT2D eigenvalue weighted by Crippen LogP contribution is -2.25. The summed E-state index contributed by atoms with van der Waals surface area (Å²) in [5.41, 5.74) is 3.40. The lowest BCUT2D eigenvalue weighted by molar-refractivity contribution is -0.129. The van der Waals surface area contributed by atoms with Crippen molar-refractivity contribution in [3.63, 3.8) is 0 Å². The van der Waals surface area contributed by atoms with Crippen LogP contribution in [-0.2, 0) is 9.59 Å². The number of phenolic OH excluding ortho intramolecular Hbond substituents is 1. The molecule has 2 rings (SSSR count). The van der Waals surface area contributed by atoms with Gasteiger partial charge in [0.2, 0.25) is 5.91 Å². The van der Waals surface area contributed by atoms with Crippen LogP contribution in [0.4, 0.5) is 0 Å². The maximum atomic E-state index is 12.9. The van der Waals surface area contributed by atoms with Crippen molar-refractivity contribution in [3.05, 3.63) is 53.6 Å². The molecule has 2 aromatic carbocycles. The quantitative estimate of drug-likeness (QED) is 0.144. The number of rotatable bonds is 11. The van der Waals surface area contributed by atoms with Crippen LogP contribution < -0.4 is 20.3 Å². The highest BCUT2D eigenvalue weighted by Gasteiger charge is 2.13. The lowest BCUT2D eigenvalue weighted by Gasteiger charge is -2.11. The maximum Gasteiger partial charge on any atom is 0.251 e. The zero-order valence-electron chi connectivity index (χ0n) is 17.7. The lowest BCUT2D eigenvalue weighted by atomic mass is 10.0. The Morgan fingerprint density at radius 1 is 0.968 bits per heavy atom. The molecule has 2 aromatic rings. The van der Waals surface area contributed by atoms with Gasteiger partial charge in [-0.1, -0.05) is 18.6 Å². The van der Waals surface area contributed by atoms with E-state index in [2.05, 4.69) is 5.32 Å². The van der Waals surface area contributed by atoms with Gasteiger partial charge in [-0.3, -0.25) is 14.8 Å². The number of phenols is 1. The third kappa shape index (κ3) is 7.67. The average Bonchev–Trinajstić information content (AvgIpc) is 2.79. The van der Waals surface area contributed by atoms with Gasteiger partial charge in [0.15, 0.2) is 0 Å². The molecule has 2 amide bonds. The van der Waals surface area contributed by atoms with Crippen LogP contribution in [0.15, 0.2) is 42.5 Å². The van der Waals surface area contributed by atoms with Crippen molar-refractivity contribution < 1.29 is 29.4 Å². The standard InChI is InChI=1S/C23H28N2O6/c1-30-19-12-16(13-20(15-19)31-2)14-21(17-7-9-18(26)10-8-17)23(28)24-11-5-3-4-6-22(27)25-29/h7-10,12-15,26,29H,3-6,11H2,1-2H3,(H,24,28)(H,25,27). The van der Waals surface area contributed by atoms with E-state index < -0.39 is 5.91 Å². The number of unbranched alkanes of at least 4 members (excludes halogenated alkanes) is 2. The molecule has 0 spiro atoms. The summed E-state index contributed by atoms with van der Waals surface area (Å²) in [6, 6.07) is 11.7. The van der Waals surface area contributed by atoms with E-state index >= 15 is 0 Å². The van der Waals surface area contributed by atoms with E-state index in [0.717, 1.165) is 12.0 Å². The second-order valence-electron chi connectivity index (χ2n) is 6.85. The average molecular weight is 428 g/mol. The van der Waals surface area contributed by atoms with E-state index in [1.807, 2.05) is 0 Å². The number of ether oxygens (including phenoxy) is 2. The minimum absolute atomic E-state index is 0.110. The molecule has 166 valence electrons. The molecule has 0 atom stereocenters. The van der Waals surface area contributed by atoms with E-state index in [-0.39, 0.29) is 18.1 Å². The Morgan fingerprint density at radius 2 is 1.61 bits per heavy atom. The molecular weight excluding hydrogens is 400 g/mol. The van der Waals surface area contributed by atoms with Gasteiger partial charge in [-0.25, -0.2) is 5.48 Å². The van der Waals surface area contributed by atoms with Gasteiger partial charge in [0.1, 0.15) is 17.2 Å². The monoisotopic (exact) mass is 428 g/mol. The van der Waals surface area contributed by atoms with Crippen molar-refractivity contribution in [2.75, 3.05) is 20.8 Å². The normalized spacial score (nSPS) is 11.0. The summed E-state index contributed by atoms with van der Waals surface area (Å²) in [6.07, 6.45) is 4.02. The predicted octanol–water partition coefficient (Wildman–Crippen LogP) is 3.13. The molecule has 0 heterocycles. The highest BCUT2D eigenvalue weighted by molar-refractivity contribution is 6.24. The van der Waals surface area contributed by atoms with Crippen molar-refractivity contribution in [2.45, 2.75) is 25.7 Å². The molecule has 4 N–H and O–H groups in total. The van der Waals surface area contributed by atoms with Crippen LogP contribution in [0.3, 0.4) is 0 Å². The molecule has 0 unspecified atom stereocenters. The van der Waals surface area contributed by atoms with E-state index in [9.17, 15) is 14.7 Å². The molecular formula is C23H28N2O6. The number of benzene rings is 2. The number of aromatic hydroxyl groups is 1. The van der Waals surface area contributed by atoms with Crippen LogP contribution in [-0.4, -0.2) is 42.9 Å². The summed E-state index contributed by atoms with van der Waals surface area (Å²) in [5.74, 6) is 0.625. The van der Waals surface area contributed by atoms with Gasteiger partial charge in [0, 0.05) is 24.6 Å². The molecule has 8 nitrogen and oxygen atoms in total. The fraction of sp³-hybridized carbons (Fsp3) is 0.304. The Balaban J connectivity index is 2.16. The molecule has 0 bridgehead atoms. The summed E-state index contributed by atoms with van der Waals surface area (Å²) >= 11 is 0. The maximum absolute atomic E-state index is 12.9. The Labute approximate surface area is 181 Å². The smallest absolute Gasteiger partial charge is 0.251 e. The van der Waals surface area contributed by atoms with Crippen LogP contribution in [0, 0.1) is 0 Å². The van der Waals surface area contributed by atoms with Gasteiger partial charge >= 0.3 is 0 Å². The summed E-state index contributed by atoms with van der Waals surface area (Å²) in [7, 11) is 3.11. The van der Waals surface area contributed by atoms with Gasteiger partial charge < -0.3 is 19.9 Å². The minimum Gasteiger partial charge on any atom is -0.508 e. The van der Waals surface area contributed by atoms with E-state index in [1.165, 1.54) is 12.1 Å². The number of nitrogens with one attached hydrogen (secondary N) is 2. The van der Waals surface area contributed by atoms with Crippen LogP contribution in [0.2, 0.25) is 0 Å². The first kappa shape index (κ1) is 23.8. The molecule has 0 aliphatic heterocycles. The van der Waals surface area contributed by atoms with Crippen molar-refractivity contribution in [2.24, 2.45) is 0 Å². The van der Waals surface area contributed by atoms with E-state index in [4.69, 9.17) is 14.7 Å². The van der Waals surface area contributed by atoms with Crippen molar-refractivity contribution in [1.29, 1.82) is 0 Å². The minimum atomic E-state index is -0.421. The molecule has 0 radical (unpaired) electrons. The number of hydroxylamine groups is 1. The first-order valence-electron chi connectivity index (χ1n) is 9.92. The SMILES string of the molecule is COc1cc(C=C(C(=O)NCCCCCC(=O)NO)c2ccc(O)cc2)cc(OC)c1. The number of carbonyl (C=O) groups is 2. The number of methoxy groups -OCH3 is 2. The van der Waals surface area contributed by atoms with Gasteiger partial charge in [0.25, 0.3) is 5.91 Å². The zero-order valence-corrected chi connectivity index (χ0v) is 17.7. The summed E-state index contributed by atoms with van der Waals surface area (Å²) in [4.78, 5) is 23.9. The van der Waals surface area contributed by atoms with Crippen molar-refractivity contribution >= 4 is 23.5 Å². The molecule has 0 aliphatic carbocycles. The first-order valence-corrected chi connectivity index (χ1v) is 9.92. The molecule has 0 aromatic heterocycles. The Hall–Kier alpha value is -3.52. The number of carbonyl (C=O) groups excluding carboxylic acids is 2. The number of amides is 2. The summed E-state index contributed by atoms with van der Waals surface area (Å²) in [5, 5.41) is 21.0. The zero-order chi connectivity index (χ0) is 22.6. The van der Waals surface area contributed by atoms with Gasteiger partial charge in [-0.15, -0.1) is 0 Å². The largest absolute Gasteiger partial charge is 0.508 e. The molecule has 0 saturated heterocycles. The third-order valence-corrected chi connectivity index (χ3v) is 4.60. The molecule has 0 fully saturated rings. The molecule has 0 saturated carbocycles. The highest BCUT2D eigenvalue weighted by atomic mass is 16.5. The van der Waals surface area contributed by atoms with Crippen LogP contribution in [0.1, 0.15) is 36.8 Å². The topological polar surface area (TPSA) is 117 Å². The molecule has 31 heavy (non-hydrogen) atoms. The van der Waals surface area contributed by atoms with E-state index in [1.54, 1.807) is 56.1 Å². The van der Waals surface area contributed by atoms with Crippen molar-refractivity contribution in [1.82, 2.24) is 10.8 Å². The fourth-order valence-corrected chi connectivity index (χ4v) is 2.94. The Bertz CT molecular complexity index is 887. The fourth-order valence-electron chi connectivity index (χ4n) is 2.94. The molecule has 0 aliphatic rings. The second kappa shape index (κ2) is 12.2. The van der Waals surface area contributed by atoms with Gasteiger partial charge in [0.05, 0.1) is 14.2 Å². The van der Waals surface area contributed by atoms with Crippen molar-refractivity contribution in [3.8, 4) is 17.2 Å².